The number of hydrogen-bond acceptors (Lipinski definition) is 1. The van der Waals surface area contributed by atoms with Crippen LogP contribution in [0.1, 0.15) is 5.56 Å². The lowest BCUT2D eigenvalue weighted by Gasteiger charge is -2.09. The lowest BCUT2D eigenvalue weighted by atomic mass is 9.99. The van der Waals surface area contributed by atoms with Crippen LogP contribution in [0.4, 0.5) is 5.69 Å². The van der Waals surface area contributed by atoms with Gasteiger partial charge in [0.1, 0.15) is 0 Å². The van der Waals surface area contributed by atoms with Gasteiger partial charge in [0, 0.05) is 11.8 Å². The van der Waals surface area contributed by atoms with E-state index < -0.39 is 0 Å². The second-order valence-electron chi connectivity index (χ2n) is 4.09. The molecular formula is C16H13N. The Morgan fingerprint density at radius 2 is 1.76 bits per heavy atom. The molecule has 0 aromatic heterocycles. The maximum Gasteiger partial charge on any atom is 0.0743 e. The first-order valence-electron chi connectivity index (χ1n) is 5.81. The molecule has 1 nitrogen and oxygen atoms in total. The SMILES string of the molecule is C1=CCc2cccc(-c3ccccc3)c2N=C1. The van der Waals surface area contributed by atoms with Gasteiger partial charge in [-0.2, -0.15) is 0 Å². The Kier molecular flexibility index (Phi) is 2.59. The third-order valence-electron chi connectivity index (χ3n) is 2.97. The Morgan fingerprint density at radius 3 is 2.65 bits per heavy atom. The highest BCUT2D eigenvalue weighted by molar-refractivity contribution is 5.84. The predicted octanol–water partition coefficient (Wildman–Crippen LogP) is 4.17. The van der Waals surface area contributed by atoms with Crippen molar-refractivity contribution in [2.45, 2.75) is 6.42 Å². The highest BCUT2D eigenvalue weighted by atomic mass is 14.7. The first-order chi connectivity index (χ1) is 8.45. The highest BCUT2D eigenvalue weighted by Crippen LogP contribution is 2.34. The fraction of sp³-hybridized carbons (Fsp3) is 0.0625. The summed E-state index contributed by atoms with van der Waals surface area (Å²) in [6.45, 7) is 0. The van der Waals surface area contributed by atoms with Gasteiger partial charge in [-0.3, -0.25) is 4.99 Å². The van der Waals surface area contributed by atoms with Gasteiger partial charge < -0.3 is 0 Å². The lowest BCUT2D eigenvalue weighted by molar-refractivity contribution is 1.27. The van der Waals surface area contributed by atoms with Crippen molar-refractivity contribution in [3.05, 3.63) is 66.2 Å². The summed E-state index contributed by atoms with van der Waals surface area (Å²) in [5.74, 6) is 0. The Labute approximate surface area is 101 Å². The van der Waals surface area contributed by atoms with E-state index >= 15 is 0 Å². The van der Waals surface area contributed by atoms with Crippen LogP contribution in [0.25, 0.3) is 11.1 Å². The van der Waals surface area contributed by atoms with Crippen molar-refractivity contribution in [1.29, 1.82) is 0 Å². The number of nitrogens with zero attached hydrogens (tertiary/aromatic N) is 1. The van der Waals surface area contributed by atoms with Crippen LogP contribution < -0.4 is 0 Å². The van der Waals surface area contributed by atoms with E-state index in [1.54, 1.807) is 0 Å². The normalized spacial score (nSPS) is 13.2. The molecular weight excluding hydrogens is 206 g/mol. The third kappa shape index (κ3) is 1.92. The van der Waals surface area contributed by atoms with Crippen molar-refractivity contribution in [1.82, 2.24) is 0 Å². The van der Waals surface area contributed by atoms with Crippen molar-refractivity contribution >= 4 is 11.9 Å². The van der Waals surface area contributed by atoms with E-state index in [9.17, 15) is 0 Å². The van der Waals surface area contributed by atoms with Gasteiger partial charge in [-0.05, 0) is 23.6 Å². The predicted molar refractivity (Wildman–Crippen MR) is 72.9 cm³/mol. The smallest absolute Gasteiger partial charge is 0.0743 e. The summed E-state index contributed by atoms with van der Waals surface area (Å²) >= 11 is 0. The van der Waals surface area contributed by atoms with Crippen molar-refractivity contribution in [3.8, 4) is 11.1 Å². The minimum Gasteiger partial charge on any atom is -0.256 e. The number of benzene rings is 2. The monoisotopic (exact) mass is 219 g/mol. The van der Waals surface area contributed by atoms with E-state index in [2.05, 4.69) is 53.5 Å². The Morgan fingerprint density at radius 1 is 0.882 bits per heavy atom. The zero-order valence-corrected chi connectivity index (χ0v) is 9.51. The van der Waals surface area contributed by atoms with E-state index in [-0.39, 0.29) is 0 Å². The van der Waals surface area contributed by atoms with Crippen LogP contribution in [0.3, 0.4) is 0 Å². The second kappa shape index (κ2) is 4.38. The van der Waals surface area contributed by atoms with Gasteiger partial charge in [0.15, 0.2) is 0 Å². The number of aliphatic imine (C=N–C) groups is 1. The van der Waals surface area contributed by atoms with E-state index in [0.29, 0.717) is 0 Å². The molecule has 0 aliphatic carbocycles. The number of allylic oxidation sites excluding steroid dienone is 2. The van der Waals surface area contributed by atoms with E-state index in [0.717, 1.165) is 12.1 Å². The molecule has 2 aromatic carbocycles. The molecule has 17 heavy (non-hydrogen) atoms. The van der Waals surface area contributed by atoms with Gasteiger partial charge in [0.05, 0.1) is 5.69 Å². The molecule has 2 aromatic rings. The molecule has 3 rings (SSSR count). The van der Waals surface area contributed by atoms with Gasteiger partial charge in [-0.1, -0.05) is 54.6 Å². The summed E-state index contributed by atoms with van der Waals surface area (Å²) in [7, 11) is 0. The van der Waals surface area contributed by atoms with Gasteiger partial charge in [-0.25, -0.2) is 0 Å². The quantitative estimate of drug-likeness (QED) is 0.682. The first kappa shape index (κ1) is 10.0. The van der Waals surface area contributed by atoms with Gasteiger partial charge in [0.25, 0.3) is 0 Å². The largest absolute Gasteiger partial charge is 0.256 e. The molecule has 0 saturated carbocycles. The van der Waals surface area contributed by atoms with Crippen molar-refractivity contribution in [2.24, 2.45) is 4.99 Å². The second-order valence-corrected chi connectivity index (χ2v) is 4.09. The van der Waals surface area contributed by atoms with Gasteiger partial charge >= 0.3 is 0 Å². The molecule has 0 atom stereocenters. The molecule has 0 unspecified atom stereocenters. The van der Waals surface area contributed by atoms with E-state index in [1.165, 1.54) is 16.7 Å². The molecule has 1 aliphatic heterocycles. The standard InChI is InChI=1S/C16H13N/c1-2-7-13(8-3-1)15-11-6-10-14-9-4-5-12-17-16(14)15/h1-8,10-12H,9H2. The Balaban J connectivity index is 2.19. The van der Waals surface area contributed by atoms with E-state index in [4.69, 9.17) is 0 Å². The van der Waals surface area contributed by atoms with Crippen LogP contribution in [0.15, 0.2) is 65.7 Å². The van der Waals surface area contributed by atoms with Crippen molar-refractivity contribution < 1.29 is 0 Å². The van der Waals surface area contributed by atoms with Crippen molar-refractivity contribution in [3.63, 3.8) is 0 Å². The van der Waals surface area contributed by atoms with Crippen molar-refractivity contribution in [2.75, 3.05) is 0 Å². The van der Waals surface area contributed by atoms with Crippen LogP contribution in [0.5, 0.6) is 0 Å². The summed E-state index contributed by atoms with van der Waals surface area (Å²) < 4.78 is 0. The topological polar surface area (TPSA) is 12.4 Å². The van der Waals surface area contributed by atoms with E-state index in [1.807, 2.05) is 18.4 Å². The molecule has 0 amide bonds. The minimum absolute atomic E-state index is 0.954. The molecule has 0 saturated heterocycles. The molecule has 0 spiro atoms. The Bertz CT molecular complexity index is 580. The number of fused-ring (bicyclic) bond motifs is 1. The van der Waals surface area contributed by atoms with Crippen LogP contribution in [-0.4, -0.2) is 6.21 Å². The van der Waals surface area contributed by atoms with Crippen LogP contribution in [0.2, 0.25) is 0 Å². The zero-order valence-electron chi connectivity index (χ0n) is 9.51. The average molecular weight is 219 g/mol. The third-order valence-corrected chi connectivity index (χ3v) is 2.97. The average Bonchev–Trinajstić information content (AvgIpc) is 2.64. The summed E-state index contributed by atoms with van der Waals surface area (Å²) in [5, 5.41) is 0. The highest BCUT2D eigenvalue weighted by Gasteiger charge is 2.08. The number of para-hydroxylation sites is 1. The van der Waals surface area contributed by atoms with Gasteiger partial charge in [0.2, 0.25) is 0 Å². The lowest BCUT2D eigenvalue weighted by Crippen LogP contribution is -1.85. The number of hydrogen-bond donors (Lipinski definition) is 0. The van der Waals surface area contributed by atoms with Crippen LogP contribution >= 0.6 is 0 Å². The minimum atomic E-state index is 0.954. The molecule has 1 aliphatic rings. The maximum absolute atomic E-state index is 4.55. The first-order valence-corrected chi connectivity index (χ1v) is 5.81. The summed E-state index contributed by atoms with van der Waals surface area (Å²) in [4.78, 5) is 4.55. The number of rotatable bonds is 1. The molecule has 1 heterocycles. The summed E-state index contributed by atoms with van der Waals surface area (Å²) in [6.07, 6.45) is 6.98. The molecule has 0 N–H and O–H groups in total. The van der Waals surface area contributed by atoms with Gasteiger partial charge in [-0.15, -0.1) is 0 Å². The zero-order chi connectivity index (χ0) is 11.5. The molecule has 0 radical (unpaired) electrons. The fourth-order valence-corrected chi connectivity index (χ4v) is 2.13. The van der Waals surface area contributed by atoms with Crippen LogP contribution in [0, 0.1) is 0 Å². The van der Waals surface area contributed by atoms with Crippen LogP contribution in [-0.2, 0) is 6.42 Å². The molecule has 1 heteroatoms. The summed E-state index contributed by atoms with van der Waals surface area (Å²) in [6, 6.07) is 16.8. The maximum atomic E-state index is 4.55. The molecule has 0 bridgehead atoms. The molecule has 82 valence electrons. The summed E-state index contributed by atoms with van der Waals surface area (Å²) in [5.41, 5.74) is 4.83. The fourth-order valence-electron chi connectivity index (χ4n) is 2.13. The molecule has 0 fully saturated rings. The Hall–Kier alpha value is -2.15.